The number of hydrogen-bond donors (Lipinski definition) is 0. The molecule has 5 rings (SSSR count). The standard InChI is InChI=1S/C25H20N2O3/c1-15-12-16(14-17(13-15)29-2)23-24-21(18-8-4-5-9-19(18)26-23)22(25(28)30-3)20-10-6-7-11-27(20)24/h4-14H,1-3H3. The monoisotopic (exact) mass is 396 g/mol. The quantitative estimate of drug-likeness (QED) is 0.383. The second kappa shape index (κ2) is 6.88. The zero-order valence-electron chi connectivity index (χ0n) is 17.0. The fraction of sp³-hybridized carbons (Fsp3) is 0.120. The van der Waals surface area contributed by atoms with Crippen LogP contribution in [0.15, 0.2) is 66.9 Å². The summed E-state index contributed by atoms with van der Waals surface area (Å²) in [6.45, 7) is 2.03. The summed E-state index contributed by atoms with van der Waals surface area (Å²) >= 11 is 0. The molecule has 0 radical (unpaired) electrons. The summed E-state index contributed by atoms with van der Waals surface area (Å²) in [5, 5.41) is 1.76. The first kappa shape index (κ1) is 18.2. The molecule has 5 aromatic rings. The van der Waals surface area contributed by atoms with E-state index in [4.69, 9.17) is 14.5 Å². The average Bonchev–Trinajstić information content (AvgIpc) is 3.13. The maximum absolute atomic E-state index is 12.9. The first-order valence-electron chi connectivity index (χ1n) is 9.68. The number of pyridine rings is 2. The number of rotatable bonds is 3. The van der Waals surface area contributed by atoms with E-state index in [-0.39, 0.29) is 5.97 Å². The highest BCUT2D eigenvalue weighted by atomic mass is 16.5. The smallest absolute Gasteiger partial charge is 0.340 e. The Morgan fingerprint density at radius 1 is 1.00 bits per heavy atom. The lowest BCUT2D eigenvalue weighted by molar-refractivity contribution is 0.0605. The van der Waals surface area contributed by atoms with E-state index in [9.17, 15) is 4.79 Å². The van der Waals surface area contributed by atoms with Gasteiger partial charge in [0, 0.05) is 22.5 Å². The molecule has 5 nitrogen and oxygen atoms in total. The normalized spacial score (nSPS) is 11.3. The molecule has 0 bridgehead atoms. The highest BCUT2D eigenvalue weighted by molar-refractivity contribution is 6.22. The van der Waals surface area contributed by atoms with Gasteiger partial charge in [0.05, 0.1) is 42.0 Å². The Morgan fingerprint density at radius 3 is 2.60 bits per heavy atom. The van der Waals surface area contributed by atoms with E-state index in [1.54, 1.807) is 7.11 Å². The van der Waals surface area contributed by atoms with Gasteiger partial charge in [-0.2, -0.15) is 0 Å². The number of aryl methyl sites for hydroxylation is 1. The van der Waals surface area contributed by atoms with Crippen LogP contribution in [0.3, 0.4) is 0 Å². The van der Waals surface area contributed by atoms with Crippen molar-refractivity contribution in [3.63, 3.8) is 0 Å². The third-order valence-electron chi connectivity index (χ3n) is 5.42. The number of hydrogen-bond acceptors (Lipinski definition) is 4. The van der Waals surface area contributed by atoms with Gasteiger partial charge in [0.25, 0.3) is 0 Å². The fourth-order valence-electron chi connectivity index (χ4n) is 4.17. The van der Waals surface area contributed by atoms with Crippen molar-refractivity contribution in [2.75, 3.05) is 14.2 Å². The van der Waals surface area contributed by atoms with Gasteiger partial charge < -0.3 is 13.9 Å². The van der Waals surface area contributed by atoms with Crippen LogP contribution < -0.4 is 4.74 Å². The van der Waals surface area contributed by atoms with Gasteiger partial charge in [0.1, 0.15) is 5.75 Å². The molecule has 0 spiro atoms. The lowest BCUT2D eigenvalue weighted by atomic mass is 10.0. The van der Waals surface area contributed by atoms with Crippen LogP contribution in [0.2, 0.25) is 0 Å². The van der Waals surface area contributed by atoms with E-state index in [1.807, 2.05) is 72.1 Å². The summed E-state index contributed by atoms with van der Waals surface area (Å²) in [4.78, 5) is 17.9. The molecule has 3 aromatic heterocycles. The lowest BCUT2D eigenvalue weighted by Crippen LogP contribution is -2.01. The van der Waals surface area contributed by atoms with Crippen LogP contribution in [-0.4, -0.2) is 29.6 Å². The Hall–Kier alpha value is -3.86. The van der Waals surface area contributed by atoms with Crippen LogP contribution in [0, 0.1) is 6.92 Å². The zero-order valence-corrected chi connectivity index (χ0v) is 17.0. The Morgan fingerprint density at radius 2 is 1.80 bits per heavy atom. The van der Waals surface area contributed by atoms with Gasteiger partial charge in [-0.05, 0) is 48.9 Å². The van der Waals surface area contributed by atoms with Crippen LogP contribution in [-0.2, 0) is 4.74 Å². The second-order valence-corrected chi connectivity index (χ2v) is 7.26. The molecular weight excluding hydrogens is 376 g/mol. The number of esters is 1. The van der Waals surface area contributed by atoms with Crippen molar-refractivity contribution in [3.05, 3.63) is 78.0 Å². The summed E-state index contributed by atoms with van der Waals surface area (Å²) in [6.07, 6.45) is 1.96. The zero-order chi connectivity index (χ0) is 20.8. The van der Waals surface area contributed by atoms with E-state index in [1.165, 1.54) is 7.11 Å². The highest BCUT2D eigenvalue weighted by Crippen LogP contribution is 2.39. The first-order valence-corrected chi connectivity index (χ1v) is 9.68. The minimum absolute atomic E-state index is 0.363. The third kappa shape index (κ3) is 2.63. The molecule has 0 unspecified atom stereocenters. The van der Waals surface area contributed by atoms with E-state index in [0.29, 0.717) is 5.56 Å². The van der Waals surface area contributed by atoms with Gasteiger partial charge >= 0.3 is 5.97 Å². The lowest BCUT2D eigenvalue weighted by Gasteiger charge is -2.11. The highest BCUT2D eigenvalue weighted by Gasteiger charge is 2.24. The summed E-state index contributed by atoms with van der Waals surface area (Å²) < 4.78 is 12.7. The largest absolute Gasteiger partial charge is 0.497 e. The van der Waals surface area contributed by atoms with E-state index in [0.717, 1.165) is 49.9 Å². The van der Waals surface area contributed by atoms with Gasteiger partial charge in [0.15, 0.2) is 0 Å². The van der Waals surface area contributed by atoms with Crippen molar-refractivity contribution in [1.82, 2.24) is 9.38 Å². The van der Waals surface area contributed by atoms with Crippen molar-refractivity contribution in [2.45, 2.75) is 6.92 Å². The number of benzene rings is 2. The summed E-state index contributed by atoms with van der Waals surface area (Å²) in [7, 11) is 3.07. The van der Waals surface area contributed by atoms with Gasteiger partial charge in [0.2, 0.25) is 0 Å². The van der Waals surface area contributed by atoms with Crippen LogP contribution in [0.4, 0.5) is 0 Å². The number of ether oxygens (including phenoxy) is 2. The van der Waals surface area contributed by atoms with Gasteiger partial charge in [-0.3, -0.25) is 0 Å². The van der Waals surface area contributed by atoms with E-state index >= 15 is 0 Å². The number of nitrogens with zero attached hydrogens (tertiary/aromatic N) is 2. The van der Waals surface area contributed by atoms with Crippen molar-refractivity contribution >= 4 is 33.3 Å². The number of methoxy groups -OCH3 is 2. The van der Waals surface area contributed by atoms with E-state index in [2.05, 4.69) is 6.07 Å². The maximum Gasteiger partial charge on any atom is 0.340 e. The number of carbonyl (C=O) groups excluding carboxylic acids is 1. The minimum atomic E-state index is -0.363. The Labute approximate surface area is 173 Å². The molecule has 0 aliphatic rings. The maximum atomic E-state index is 12.9. The van der Waals surface area contributed by atoms with Crippen molar-refractivity contribution in [1.29, 1.82) is 0 Å². The molecule has 3 heterocycles. The number of carbonyl (C=O) groups is 1. The van der Waals surface area contributed by atoms with Gasteiger partial charge in [-0.1, -0.05) is 24.3 Å². The average molecular weight is 396 g/mol. The van der Waals surface area contributed by atoms with Crippen LogP contribution >= 0.6 is 0 Å². The third-order valence-corrected chi connectivity index (χ3v) is 5.42. The van der Waals surface area contributed by atoms with Crippen molar-refractivity contribution in [2.24, 2.45) is 0 Å². The van der Waals surface area contributed by atoms with Crippen molar-refractivity contribution < 1.29 is 14.3 Å². The Kier molecular flexibility index (Phi) is 4.17. The molecule has 0 aliphatic heterocycles. The molecule has 148 valence electrons. The van der Waals surface area contributed by atoms with Crippen LogP contribution in [0.5, 0.6) is 5.75 Å². The van der Waals surface area contributed by atoms with Gasteiger partial charge in [-0.25, -0.2) is 9.78 Å². The predicted octanol–water partition coefficient (Wildman–Crippen LogP) is 5.41. The summed E-state index contributed by atoms with van der Waals surface area (Å²) in [6, 6.07) is 19.7. The minimum Gasteiger partial charge on any atom is -0.497 e. The van der Waals surface area contributed by atoms with Crippen LogP contribution in [0.1, 0.15) is 15.9 Å². The van der Waals surface area contributed by atoms with Crippen LogP contribution in [0.25, 0.3) is 38.6 Å². The summed E-state index contributed by atoms with van der Waals surface area (Å²) in [5.41, 5.74) is 5.83. The fourth-order valence-corrected chi connectivity index (χ4v) is 4.17. The predicted molar refractivity (Wildman–Crippen MR) is 118 cm³/mol. The molecule has 0 saturated carbocycles. The topological polar surface area (TPSA) is 52.8 Å². The number of aromatic nitrogens is 2. The second-order valence-electron chi connectivity index (χ2n) is 7.26. The molecule has 0 saturated heterocycles. The molecule has 0 N–H and O–H groups in total. The van der Waals surface area contributed by atoms with E-state index < -0.39 is 0 Å². The Balaban J connectivity index is 2.05. The first-order chi connectivity index (χ1) is 14.6. The number of para-hydroxylation sites is 1. The Bertz CT molecular complexity index is 1450. The summed E-state index contributed by atoms with van der Waals surface area (Å²) in [5.74, 6) is 0.403. The molecule has 30 heavy (non-hydrogen) atoms. The molecule has 0 aliphatic carbocycles. The molecule has 0 amide bonds. The number of fused-ring (bicyclic) bond motifs is 5. The molecule has 5 heteroatoms. The molecular formula is C25H20N2O3. The van der Waals surface area contributed by atoms with Gasteiger partial charge in [-0.15, -0.1) is 0 Å². The molecule has 0 fully saturated rings. The SMILES string of the molecule is COC(=O)c1c2c3ccccc3nc(-c3cc(C)cc(OC)c3)c2n2ccccc12. The molecule has 2 aromatic carbocycles. The van der Waals surface area contributed by atoms with Crippen molar-refractivity contribution in [3.8, 4) is 17.0 Å². The molecule has 0 atom stereocenters.